The van der Waals surface area contributed by atoms with Gasteiger partial charge < -0.3 is 14.6 Å². The number of esters is 1. The van der Waals surface area contributed by atoms with Gasteiger partial charge in [0.15, 0.2) is 0 Å². The Labute approximate surface area is 177 Å². The summed E-state index contributed by atoms with van der Waals surface area (Å²) in [7, 11) is 0. The molecule has 3 rings (SSSR count). The molecule has 5 atom stereocenters. The van der Waals surface area contributed by atoms with Crippen molar-refractivity contribution in [3.8, 4) is 5.75 Å². The third-order valence-corrected chi connectivity index (χ3v) is 6.36. The SMILES string of the molecule is CC[C@H]1O[C@@H](c2ccc(Cl)c(Cc3ccc(O)cc3)c2)C(OC(C)=O)C(C)[C@@H]1C. The zero-order valence-electron chi connectivity index (χ0n) is 17.4. The fraction of sp³-hybridized carbons (Fsp3) is 0.458. The summed E-state index contributed by atoms with van der Waals surface area (Å²) in [5.74, 6) is 0.418. The first-order valence-electron chi connectivity index (χ1n) is 10.2. The second-order valence-electron chi connectivity index (χ2n) is 7.99. The topological polar surface area (TPSA) is 55.8 Å². The Bertz CT molecular complexity index is 848. The van der Waals surface area contributed by atoms with E-state index < -0.39 is 0 Å². The molecule has 1 N–H and O–H groups in total. The van der Waals surface area contributed by atoms with Gasteiger partial charge >= 0.3 is 5.97 Å². The first-order valence-corrected chi connectivity index (χ1v) is 10.6. The van der Waals surface area contributed by atoms with E-state index in [2.05, 4.69) is 20.8 Å². The largest absolute Gasteiger partial charge is 0.508 e. The van der Waals surface area contributed by atoms with Crippen LogP contribution >= 0.6 is 11.6 Å². The number of rotatable bonds is 5. The van der Waals surface area contributed by atoms with Gasteiger partial charge in [0, 0.05) is 17.9 Å². The van der Waals surface area contributed by atoms with Crippen LogP contribution in [0.4, 0.5) is 0 Å². The highest BCUT2D eigenvalue weighted by Gasteiger charge is 2.43. The number of phenolic OH excluding ortho intramolecular Hbond substituents is 1. The first kappa shape index (κ1) is 21.7. The van der Waals surface area contributed by atoms with Crippen LogP contribution in [0, 0.1) is 11.8 Å². The fourth-order valence-electron chi connectivity index (χ4n) is 4.14. The minimum atomic E-state index is -0.340. The molecule has 2 unspecified atom stereocenters. The molecule has 4 nitrogen and oxygen atoms in total. The number of benzene rings is 2. The number of carbonyl (C=O) groups is 1. The lowest BCUT2D eigenvalue weighted by Gasteiger charge is -2.44. The van der Waals surface area contributed by atoms with Crippen molar-refractivity contribution in [3.05, 3.63) is 64.2 Å². The molecule has 0 amide bonds. The standard InChI is InChI=1S/C24H29ClO4/c1-5-22-14(2)15(3)23(28-16(4)26)24(29-22)18-8-11-21(25)19(13-18)12-17-6-9-20(27)10-7-17/h6-11,13-15,22-24,27H,5,12H2,1-4H3/t14-,15?,22+,23?,24-/m0/s1. The van der Waals surface area contributed by atoms with Crippen molar-refractivity contribution in [2.75, 3.05) is 0 Å². The van der Waals surface area contributed by atoms with E-state index in [1.807, 2.05) is 30.3 Å². The molecule has 1 aliphatic rings. The lowest BCUT2D eigenvalue weighted by molar-refractivity contribution is -0.196. The monoisotopic (exact) mass is 416 g/mol. The Kier molecular flexibility index (Phi) is 6.86. The lowest BCUT2D eigenvalue weighted by Crippen LogP contribution is -2.46. The van der Waals surface area contributed by atoms with Gasteiger partial charge in [0.1, 0.15) is 18.0 Å². The molecule has 2 aromatic carbocycles. The van der Waals surface area contributed by atoms with Gasteiger partial charge in [0.05, 0.1) is 6.10 Å². The van der Waals surface area contributed by atoms with Crippen LogP contribution in [0.5, 0.6) is 5.75 Å². The summed E-state index contributed by atoms with van der Waals surface area (Å²) < 4.78 is 12.1. The van der Waals surface area contributed by atoms with Crippen molar-refractivity contribution in [3.63, 3.8) is 0 Å². The molecule has 0 aliphatic carbocycles. The quantitative estimate of drug-likeness (QED) is 0.636. The van der Waals surface area contributed by atoms with E-state index in [9.17, 15) is 9.90 Å². The molecule has 0 bridgehead atoms. The number of ether oxygens (including phenoxy) is 2. The van der Waals surface area contributed by atoms with Crippen molar-refractivity contribution in [1.29, 1.82) is 0 Å². The highest BCUT2D eigenvalue weighted by Crippen LogP contribution is 2.42. The molecule has 0 radical (unpaired) electrons. The maximum absolute atomic E-state index is 11.8. The highest BCUT2D eigenvalue weighted by molar-refractivity contribution is 6.31. The summed E-state index contributed by atoms with van der Waals surface area (Å²) in [6, 6.07) is 13.0. The van der Waals surface area contributed by atoms with E-state index in [1.54, 1.807) is 12.1 Å². The van der Waals surface area contributed by atoms with Crippen LogP contribution in [0.3, 0.4) is 0 Å². The Morgan fingerprint density at radius 3 is 2.45 bits per heavy atom. The van der Waals surface area contributed by atoms with Gasteiger partial charge in [-0.1, -0.05) is 56.6 Å². The lowest BCUT2D eigenvalue weighted by atomic mass is 9.78. The Hall–Kier alpha value is -2.04. The molecule has 1 fully saturated rings. The van der Waals surface area contributed by atoms with Crippen LogP contribution in [-0.4, -0.2) is 23.3 Å². The summed E-state index contributed by atoms with van der Waals surface area (Å²) in [4.78, 5) is 11.8. The van der Waals surface area contributed by atoms with Crippen molar-refractivity contribution in [1.82, 2.24) is 0 Å². The Morgan fingerprint density at radius 2 is 1.83 bits per heavy atom. The number of aromatic hydroxyl groups is 1. The van der Waals surface area contributed by atoms with Crippen LogP contribution in [-0.2, 0) is 20.7 Å². The Morgan fingerprint density at radius 1 is 1.14 bits per heavy atom. The minimum Gasteiger partial charge on any atom is -0.508 e. The average molecular weight is 417 g/mol. The van der Waals surface area contributed by atoms with Gasteiger partial charge in [0.25, 0.3) is 0 Å². The smallest absolute Gasteiger partial charge is 0.303 e. The minimum absolute atomic E-state index is 0.109. The van der Waals surface area contributed by atoms with Crippen LogP contribution < -0.4 is 0 Å². The predicted octanol–water partition coefficient (Wildman–Crippen LogP) is 5.69. The molecule has 5 heteroatoms. The maximum Gasteiger partial charge on any atom is 0.303 e. The number of hydrogen-bond donors (Lipinski definition) is 1. The van der Waals surface area contributed by atoms with Crippen molar-refractivity contribution in [2.24, 2.45) is 11.8 Å². The Balaban J connectivity index is 1.93. The molecule has 0 aromatic heterocycles. The molecule has 0 saturated carbocycles. The van der Waals surface area contributed by atoms with Gasteiger partial charge in [-0.05, 0) is 53.6 Å². The van der Waals surface area contributed by atoms with Gasteiger partial charge in [0.2, 0.25) is 0 Å². The van der Waals surface area contributed by atoms with E-state index in [-0.39, 0.29) is 35.9 Å². The highest BCUT2D eigenvalue weighted by atomic mass is 35.5. The predicted molar refractivity (Wildman–Crippen MR) is 114 cm³/mol. The van der Waals surface area contributed by atoms with Gasteiger partial charge in [-0.25, -0.2) is 0 Å². The molecule has 1 heterocycles. The van der Waals surface area contributed by atoms with Gasteiger partial charge in [-0.15, -0.1) is 0 Å². The number of halogens is 1. The molecular formula is C24H29ClO4. The summed E-state index contributed by atoms with van der Waals surface area (Å²) >= 11 is 6.47. The van der Waals surface area contributed by atoms with E-state index in [0.29, 0.717) is 17.4 Å². The second-order valence-corrected chi connectivity index (χ2v) is 8.40. The molecule has 1 aliphatic heterocycles. The first-order chi connectivity index (χ1) is 13.8. The summed E-state index contributed by atoms with van der Waals surface area (Å²) in [6.45, 7) is 7.85. The number of carbonyl (C=O) groups excluding carboxylic acids is 1. The summed E-state index contributed by atoms with van der Waals surface area (Å²) in [6.07, 6.45) is 0.987. The third kappa shape index (κ3) is 4.93. The molecule has 2 aromatic rings. The van der Waals surface area contributed by atoms with Crippen LogP contribution in [0.2, 0.25) is 5.02 Å². The number of phenols is 1. The zero-order valence-corrected chi connectivity index (χ0v) is 18.1. The van der Waals surface area contributed by atoms with E-state index >= 15 is 0 Å². The summed E-state index contributed by atoms with van der Waals surface area (Å²) in [5, 5.41) is 10.2. The second kappa shape index (κ2) is 9.19. The van der Waals surface area contributed by atoms with E-state index in [4.69, 9.17) is 21.1 Å². The van der Waals surface area contributed by atoms with E-state index in [0.717, 1.165) is 23.1 Å². The third-order valence-electron chi connectivity index (χ3n) is 5.99. The molecule has 156 valence electrons. The van der Waals surface area contributed by atoms with Crippen LogP contribution in [0.15, 0.2) is 42.5 Å². The molecular weight excluding hydrogens is 388 g/mol. The fourth-order valence-corrected chi connectivity index (χ4v) is 4.33. The molecule has 0 spiro atoms. The van der Waals surface area contributed by atoms with E-state index in [1.165, 1.54) is 6.92 Å². The molecule has 29 heavy (non-hydrogen) atoms. The molecule has 1 saturated heterocycles. The normalized spacial score (nSPS) is 26.9. The van der Waals surface area contributed by atoms with Crippen molar-refractivity contribution < 1.29 is 19.4 Å². The van der Waals surface area contributed by atoms with Crippen LogP contribution in [0.1, 0.15) is 56.9 Å². The number of hydrogen-bond acceptors (Lipinski definition) is 4. The van der Waals surface area contributed by atoms with Gasteiger partial charge in [-0.2, -0.15) is 0 Å². The average Bonchev–Trinajstić information content (AvgIpc) is 2.69. The van der Waals surface area contributed by atoms with Crippen molar-refractivity contribution >= 4 is 17.6 Å². The van der Waals surface area contributed by atoms with Crippen molar-refractivity contribution in [2.45, 2.75) is 58.8 Å². The maximum atomic E-state index is 11.8. The zero-order chi connectivity index (χ0) is 21.1. The summed E-state index contributed by atoms with van der Waals surface area (Å²) in [5.41, 5.74) is 2.99. The van der Waals surface area contributed by atoms with Crippen LogP contribution in [0.25, 0.3) is 0 Å². The van der Waals surface area contributed by atoms with Gasteiger partial charge in [-0.3, -0.25) is 4.79 Å².